The molecular formula is C31H33N5O. The van der Waals surface area contributed by atoms with E-state index in [1.165, 1.54) is 16.7 Å². The van der Waals surface area contributed by atoms with Crippen molar-refractivity contribution in [2.45, 2.75) is 32.7 Å². The molecule has 0 unspecified atom stereocenters. The highest BCUT2D eigenvalue weighted by Crippen LogP contribution is 2.24. The Labute approximate surface area is 218 Å². The number of benzene rings is 3. The van der Waals surface area contributed by atoms with Gasteiger partial charge in [0.2, 0.25) is 11.9 Å². The van der Waals surface area contributed by atoms with Crippen LogP contribution in [-0.2, 0) is 17.8 Å². The topological polar surface area (TPSA) is 70.2 Å². The molecule has 0 bridgehead atoms. The first kappa shape index (κ1) is 24.5. The standard InChI is InChI=1S/C31H33N5O/c1-23-12-14-25(15-13-23)21-33-30(37)27-10-6-18-36(22-27)29-16-17-32-31(35-29)34-28-11-5-9-26(20-28)19-24-7-3-2-4-8-24/h2-5,7-9,11-17,20,27H,6,10,18-19,21-22H2,1H3,(H,33,37)(H,32,34,35)/t27-/m0/s1. The number of amides is 1. The fraction of sp³-hybridized carbons (Fsp3) is 0.258. The molecule has 1 fully saturated rings. The highest BCUT2D eigenvalue weighted by Gasteiger charge is 2.26. The summed E-state index contributed by atoms with van der Waals surface area (Å²) in [6, 6.07) is 29.0. The third kappa shape index (κ3) is 6.73. The van der Waals surface area contributed by atoms with Gasteiger partial charge >= 0.3 is 0 Å². The Bertz CT molecular complexity index is 1320. The number of nitrogens with zero attached hydrogens (tertiary/aromatic N) is 3. The number of aryl methyl sites for hydroxylation is 1. The SMILES string of the molecule is Cc1ccc(CNC(=O)[C@H]2CCCN(c3ccnc(Nc4cccc(Cc5ccccc5)c4)n3)C2)cc1. The second kappa shape index (κ2) is 11.7. The predicted molar refractivity (Wildman–Crippen MR) is 149 cm³/mol. The van der Waals surface area contributed by atoms with Gasteiger partial charge in [-0.1, -0.05) is 72.3 Å². The Morgan fingerprint density at radius 2 is 1.76 bits per heavy atom. The van der Waals surface area contributed by atoms with Gasteiger partial charge in [-0.2, -0.15) is 4.98 Å². The average molecular weight is 492 g/mol. The number of carbonyl (C=O) groups excluding carboxylic acids is 1. The van der Waals surface area contributed by atoms with Crippen LogP contribution in [0.2, 0.25) is 0 Å². The molecule has 2 heterocycles. The molecule has 1 aromatic heterocycles. The Balaban J connectivity index is 1.20. The molecule has 2 N–H and O–H groups in total. The van der Waals surface area contributed by atoms with Gasteiger partial charge in [-0.05, 0) is 61.1 Å². The van der Waals surface area contributed by atoms with E-state index in [9.17, 15) is 4.79 Å². The van der Waals surface area contributed by atoms with Crippen LogP contribution in [0.5, 0.6) is 0 Å². The van der Waals surface area contributed by atoms with E-state index in [4.69, 9.17) is 4.98 Å². The number of hydrogen-bond acceptors (Lipinski definition) is 5. The molecule has 6 nitrogen and oxygen atoms in total. The molecule has 1 aliphatic rings. The number of piperidine rings is 1. The molecule has 1 aliphatic heterocycles. The second-order valence-electron chi connectivity index (χ2n) is 9.71. The highest BCUT2D eigenvalue weighted by molar-refractivity contribution is 5.79. The molecule has 3 aromatic carbocycles. The first-order valence-electron chi connectivity index (χ1n) is 12.9. The van der Waals surface area contributed by atoms with Gasteiger partial charge in [-0.15, -0.1) is 0 Å². The molecular weight excluding hydrogens is 458 g/mol. The van der Waals surface area contributed by atoms with Crippen LogP contribution in [0, 0.1) is 12.8 Å². The first-order valence-corrected chi connectivity index (χ1v) is 12.9. The summed E-state index contributed by atoms with van der Waals surface area (Å²) >= 11 is 0. The number of nitrogens with one attached hydrogen (secondary N) is 2. The smallest absolute Gasteiger partial charge is 0.229 e. The summed E-state index contributed by atoms with van der Waals surface area (Å²) in [6.07, 6.45) is 4.50. The zero-order valence-electron chi connectivity index (χ0n) is 21.2. The summed E-state index contributed by atoms with van der Waals surface area (Å²) in [4.78, 5) is 24.3. The lowest BCUT2D eigenvalue weighted by Crippen LogP contribution is -2.43. The summed E-state index contributed by atoms with van der Waals surface area (Å²) < 4.78 is 0. The maximum absolute atomic E-state index is 12.9. The molecule has 1 saturated heterocycles. The number of hydrogen-bond donors (Lipinski definition) is 2. The quantitative estimate of drug-likeness (QED) is 0.333. The Morgan fingerprint density at radius 3 is 2.59 bits per heavy atom. The molecule has 1 atom stereocenters. The van der Waals surface area contributed by atoms with Crippen LogP contribution < -0.4 is 15.5 Å². The third-order valence-corrected chi connectivity index (χ3v) is 6.78. The monoisotopic (exact) mass is 491 g/mol. The lowest BCUT2D eigenvalue weighted by Gasteiger charge is -2.33. The van der Waals surface area contributed by atoms with Crippen molar-refractivity contribution in [1.29, 1.82) is 0 Å². The van der Waals surface area contributed by atoms with E-state index in [1.54, 1.807) is 6.20 Å². The molecule has 1 amide bonds. The van der Waals surface area contributed by atoms with Crippen molar-refractivity contribution < 1.29 is 4.79 Å². The van der Waals surface area contributed by atoms with Crippen LogP contribution >= 0.6 is 0 Å². The van der Waals surface area contributed by atoms with Crippen molar-refractivity contribution in [2.75, 3.05) is 23.3 Å². The minimum absolute atomic E-state index is 0.0553. The molecule has 188 valence electrons. The van der Waals surface area contributed by atoms with E-state index in [2.05, 4.69) is 94.2 Å². The Morgan fingerprint density at radius 1 is 0.946 bits per heavy atom. The van der Waals surface area contributed by atoms with E-state index in [0.717, 1.165) is 42.9 Å². The normalized spacial score (nSPS) is 15.3. The molecule has 37 heavy (non-hydrogen) atoms. The predicted octanol–water partition coefficient (Wildman–Crippen LogP) is 5.65. The molecule has 5 rings (SSSR count). The van der Waals surface area contributed by atoms with Crippen molar-refractivity contribution in [2.24, 2.45) is 5.92 Å². The summed E-state index contributed by atoms with van der Waals surface area (Å²) in [5.41, 5.74) is 5.79. The van der Waals surface area contributed by atoms with E-state index in [0.29, 0.717) is 19.0 Å². The van der Waals surface area contributed by atoms with Crippen LogP contribution in [0.1, 0.15) is 35.1 Å². The van der Waals surface area contributed by atoms with Crippen LogP contribution in [0.4, 0.5) is 17.5 Å². The fourth-order valence-electron chi connectivity index (χ4n) is 4.74. The van der Waals surface area contributed by atoms with Crippen molar-refractivity contribution in [3.8, 4) is 0 Å². The molecule has 0 saturated carbocycles. The number of anilines is 3. The van der Waals surface area contributed by atoms with Crippen molar-refractivity contribution >= 4 is 23.4 Å². The minimum Gasteiger partial charge on any atom is -0.356 e. The van der Waals surface area contributed by atoms with Gasteiger partial charge in [0.1, 0.15) is 5.82 Å². The summed E-state index contributed by atoms with van der Waals surface area (Å²) in [7, 11) is 0. The van der Waals surface area contributed by atoms with Gasteiger partial charge in [0.15, 0.2) is 0 Å². The molecule has 0 spiro atoms. The van der Waals surface area contributed by atoms with Crippen LogP contribution in [0.25, 0.3) is 0 Å². The van der Waals surface area contributed by atoms with Gasteiger partial charge in [0, 0.05) is 31.5 Å². The van der Waals surface area contributed by atoms with E-state index in [-0.39, 0.29) is 11.8 Å². The maximum atomic E-state index is 12.9. The van der Waals surface area contributed by atoms with Gasteiger partial charge in [0.05, 0.1) is 5.92 Å². The van der Waals surface area contributed by atoms with Gasteiger partial charge in [0.25, 0.3) is 0 Å². The minimum atomic E-state index is -0.0553. The largest absolute Gasteiger partial charge is 0.356 e. The van der Waals surface area contributed by atoms with E-state index in [1.807, 2.05) is 18.2 Å². The molecule has 0 aliphatic carbocycles. The Kier molecular flexibility index (Phi) is 7.75. The zero-order chi connectivity index (χ0) is 25.5. The number of carbonyl (C=O) groups is 1. The Hall–Kier alpha value is -4.19. The zero-order valence-corrected chi connectivity index (χ0v) is 21.2. The third-order valence-electron chi connectivity index (χ3n) is 6.78. The van der Waals surface area contributed by atoms with Crippen molar-refractivity contribution in [3.63, 3.8) is 0 Å². The van der Waals surface area contributed by atoms with Gasteiger partial charge < -0.3 is 15.5 Å². The average Bonchev–Trinajstić information content (AvgIpc) is 2.93. The molecule has 0 radical (unpaired) electrons. The van der Waals surface area contributed by atoms with Crippen molar-refractivity contribution in [1.82, 2.24) is 15.3 Å². The molecule has 6 heteroatoms. The van der Waals surface area contributed by atoms with Gasteiger partial charge in [-0.3, -0.25) is 4.79 Å². The van der Waals surface area contributed by atoms with Crippen LogP contribution in [-0.4, -0.2) is 29.0 Å². The summed E-state index contributed by atoms with van der Waals surface area (Å²) in [6.45, 7) is 4.16. The lowest BCUT2D eigenvalue weighted by molar-refractivity contribution is -0.125. The maximum Gasteiger partial charge on any atom is 0.229 e. The number of aromatic nitrogens is 2. The number of rotatable bonds is 8. The van der Waals surface area contributed by atoms with Crippen LogP contribution in [0.15, 0.2) is 91.1 Å². The molecule has 4 aromatic rings. The fourth-order valence-corrected chi connectivity index (χ4v) is 4.74. The second-order valence-corrected chi connectivity index (χ2v) is 9.71. The highest BCUT2D eigenvalue weighted by atomic mass is 16.1. The lowest BCUT2D eigenvalue weighted by atomic mass is 9.97. The summed E-state index contributed by atoms with van der Waals surface area (Å²) in [5, 5.41) is 6.47. The van der Waals surface area contributed by atoms with E-state index < -0.39 is 0 Å². The van der Waals surface area contributed by atoms with Crippen LogP contribution in [0.3, 0.4) is 0 Å². The summed E-state index contributed by atoms with van der Waals surface area (Å²) in [5.74, 6) is 1.45. The van der Waals surface area contributed by atoms with Crippen molar-refractivity contribution in [3.05, 3.63) is 113 Å². The van der Waals surface area contributed by atoms with Gasteiger partial charge in [-0.25, -0.2) is 4.98 Å². The van der Waals surface area contributed by atoms with E-state index >= 15 is 0 Å². The first-order chi connectivity index (χ1) is 18.1.